The second kappa shape index (κ2) is 5.55. The molecule has 1 N–H and O–H groups in total. The van der Waals surface area contributed by atoms with Crippen LogP contribution in [0.1, 0.15) is 25.7 Å². The third-order valence-corrected chi connectivity index (χ3v) is 5.47. The molecule has 0 amide bonds. The molecule has 0 spiro atoms. The Balaban J connectivity index is 2.56. The third-order valence-electron chi connectivity index (χ3n) is 3.15. The highest BCUT2D eigenvalue weighted by Crippen LogP contribution is 2.31. The molecular formula is C10H20O3S2. The lowest BCUT2D eigenvalue weighted by Gasteiger charge is -2.30. The molecule has 3 nitrogen and oxygen atoms in total. The highest BCUT2D eigenvalue weighted by Gasteiger charge is 2.31. The second-order valence-electron chi connectivity index (χ2n) is 4.40. The molecule has 1 saturated carbocycles. The quantitative estimate of drug-likeness (QED) is 0.820. The van der Waals surface area contributed by atoms with E-state index in [4.69, 9.17) is 0 Å². The van der Waals surface area contributed by atoms with Crippen LogP contribution in [0.25, 0.3) is 0 Å². The van der Waals surface area contributed by atoms with Crippen molar-refractivity contribution in [2.24, 2.45) is 5.92 Å². The number of rotatable bonds is 4. The molecule has 1 fully saturated rings. The first kappa shape index (κ1) is 13.3. The predicted molar refractivity (Wildman–Crippen MR) is 65.0 cm³/mol. The summed E-state index contributed by atoms with van der Waals surface area (Å²) < 4.78 is 22.9. The Hall–Kier alpha value is 0.260. The fraction of sp³-hybridized carbons (Fsp3) is 1.00. The van der Waals surface area contributed by atoms with Gasteiger partial charge in [-0.15, -0.1) is 0 Å². The first-order valence-corrected chi connectivity index (χ1v) is 8.66. The predicted octanol–water partition coefficient (Wildman–Crippen LogP) is 1.31. The molecule has 0 aromatic heterocycles. The van der Waals surface area contributed by atoms with Crippen LogP contribution in [-0.2, 0) is 9.84 Å². The molecule has 0 aromatic carbocycles. The SMILES string of the molecule is CSCC(O)C1CCCC(S(C)(=O)=O)C1. The average Bonchev–Trinajstić information content (AvgIpc) is 2.17. The van der Waals surface area contributed by atoms with Crippen LogP contribution >= 0.6 is 11.8 Å². The van der Waals surface area contributed by atoms with Crippen LogP contribution in [0.4, 0.5) is 0 Å². The highest BCUT2D eigenvalue weighted by atomic mass is 32.2. The van der Waals surface area contributed by atoms with Crippen LogP contribution in [0.2, 0.25) is 0 Å². The fourth-order valence-corrected chi connectivity index (χ4v) is 4.03. The zero-order valence-electron chi connectivity index (χ0n) is 9.35. The molecule has 3 unspecified atom stereocenters. The maximum absolute atomic E-state index is 11.4. The summed E-state index contributed by atoms with van der Waals surface area (Å²) in [6, 6.07) is 0. The first-order chi connectivity index (χ1) is 6.95. The first-order valence-electron chi connectivity index (χ1n) is 5.31. The summed E-state index contributed by atoms with van der Waals surface area (Å²) >= 11 is 1.61. The minimum absolute atomic E-state index is 0.172. The highest BCUT2D eigenvalue weighted by molar-refractivity contribution is 7.98. The second-order valence-corrected chi connectivity index (χ2v) is 7.64. The molecular weight excluding hydrogens is 232 g/mol. The van der Waals surface area contributed by atoms with Crippen molar-refractivity contribution in [3.8, 4) is 0 Å². The van der Waals surface area contributed by atoms with E-state index >= 15 is 0 Å². The van der Waals surface area contributed by atoms with Crippen molar-refractivity contribution < 1.29 is 13.5 Å². The minimum atomic E-state index is -2.93. The molecule has 0 bridgehead atoms. The van der Waals surface area contributed by atoms with Gasteiger partial charge in [0.25, 0.3) is 0 Å². The van der Waals surface area contributed by atoms with Crippen molar-refractivity contribution in [3.63, 3.8) is 0 Å². The van der Waals surface area contributed by atoms with Crippen molar-refractivity contribution in [2.45, 2.75) is 37.0 Å². The van der Waals surface area contributed by atoms with Crippen LogP contribution in [0.15, 0.2) is 0 Å². The molecule has 1 aliphatic carbocycles. The normalized spacial score (nSPS) is 30.1. The van der Waals surface area contributed by atoms with E-state index in [0.717, 1.165) is 19.3 Å². The molecule has 5 heteroatoms. The van der Waals surface area contributed by atoms with Crippen LogP contribution in [0, 0.1) is 5.92 Å². The van der Waals surface area contributed by atoms with Crippen molar-refractivity contribution in [1.29, 1.82) is 0 Å². The fourth-order valence-electron chi connectivity index (χ4n) is 2.23. The topological polar surface area (TPSA) is 54.4 Å². The van der Waals surface area contributed by atoms with Gasteiger partial charge in [0.2, 0.25) is 0 Å². The lowest BCUT2D eigenvalue weighted by atomic mass is 9.85. The Kier molecular flexibility index (Phi) is 4.93. The number of aliphatic hydroxyl groups is 1. The lowest BCUT2D eigenvalue weighted by Crippen LogP contribution is -2.34. The zero-order chi connectivity index (χ0) is 11.5. The number of aliphatic hydroxyl groups excluding tert-OH is 1. The molecule has 3 atom stereocenters. The standard InChI is InChI=1S/C10H20O3S2/c1-14-7-10(11)8-4-3-5-9(6-8)15(2,12)13/h8-11H,3-7H2,1-2H3. The van der Waals surface area contributed by atoms with Gasteiger partial charge >= 0.3 is 0 Å². The van der Waals surface area contributed by atoms with Crippen LogP contribution in [0.3, 0.4) is 0 Å². The smallest absolute Gasteiger partial charge is 0.150 e. The Labute approximate surface area is 96.6 Å². The van der Waals surface area contributed by atoms with Crippen molar-refractivity contribution in [2.75, 3.05) is 18.3 Å². The van der Waals surface area contributed by atoms with Crippen molar-refractivity contribution >= 4 is 21.6 Å². The van der Waals surface area contributed by atoms with E-state index in [2.05, 4.69) is 0 Å². The number of sulfone groups is 1. The van der Waals surface area contributed by atoms with Gasteiger partial charge in [-0.25, -0.2) is 8.42 Å². The van der Waals surface area contributed by atoms with Gasteiger partial charge in [-0.1, -0.05) is 6.42 Å². The number of hydrogen-bond acceptors (Lipinski definition) is 4. The molecule has 0 aromatic rings. The molecule has 1 aliphatic rings. The lowest BCUT2D eigenvalue weighted by molar-refractivity contribution is 0.106. The molecule has 0 radical (unpaired) electrons. The van der Waals surface area contributed by atoms with Gasteiger partial charge < -0.3 is 5.11 Å². The van der Waals surface area contributed by atoms with E-state index in [1.807, 2.05) is 6.26 Å². The van der Waals surface area contributed by atoms with Gasteiger partial charge in [0.05, 0.1) is 11.4 Å². The van der Waals surface area contributed by atoms with Gasteiger partial charge in [0, 0.05) is 12.0 Å². The minimum Gasteiger partial charge on any atom is -0.392 e. The van der Waals surface area contributed by atoms with E-state index in [-0.39, 0.29) is 17.3 Å². The van der Waals surface area contributed by atoms with E-state index < -0.39 is 9.84 Å². The summed E-state index contributed by atoms with van der Waals surface area (Å²) in [7, 11) is -2.93. The van der Waals surface area contributed by atoms with Crippen LogP contribution < -0.4 is 0 Å². The maximum Gasteiger partial charge on any atom is 0.150 e. The Morgan fingerprint density at radius 2 is 2.13 bits per heavy atom. The summed E-state index contributed by atoms with van der Waals surface area (Å²) in [4.78, 5) is 0. The molecule has 0 saturated heterocycles. The van der Waals surface area contributed by atoms with Crippen molar-refractivity contribution in [3.05, 3.63) is 0 Å². The summed E-state index contributed by atoms with van der Waals surface area (Å²) in [6.07, 6.45) is 6.22. The van der Waals surface area contributed by atoms with E-state index in [0.29, 0.717) is 12.2 Å². The Bertz CT molecular complexity index is 287. The van der Waals surface area contributed by atoms with E-state index in [9.17, 15) is 13.5 Å². The summed E-state index contributed by atoms with van der Waals surface area (Å²) in [6.45, 7) is 0. The van der Waals surface area contributed by atoms with E-state index in [1.165, 1.54) is 6.26 Å². The number of hydrogen-bond donors (Lipinski definition) is 1. The molecule has 90 valence electrons. The Morgan fingerprint density at radius 1 is 1.47 bits per heavy atom. The van der Waals surface area contributed by atoms with Gasteiger partial charge in [-0.2, -0.15) is 11.8 Å². The van der Waals surface area contributed by atoms with Gasteiger partial charge in [-0.05, 0) is 31.4 Å². The van der Waals surface area contributed by atoms with Crippen LogP contribution in [0.5, 0.6) is 0 Å². The zero-order valence-corrected chi connectivity index (χ0v) is 11.0. The molecule has 0 heterocycles. The van der Waals surface area contributed by atoms with Gasteiger partial charge in [-0.3, -0.25) is 0 Å². The van der Waals surface area contributed by atoms with Crippen molar-refractivity contribution in [1.82, 2.24) is 0 Å². The van der Waals surface area contributed by atoms with Gasteiger partial charge in [0.1, 0.15) is 9.84 Å². The number of thioether (sulfide) groups is 1. The monoisotopic (exact) mass is 252 g/mol. The van der Waals surface area contributed by atoms with E-state index in [1.54, 1.807) is 11.8 Å². The Morgan fingerprint density at radius 3 is 2.67 bits per heavy atom. The molecule has 1 rings (SSSR count). The summed E-state index contributed by atoms with van der Waals surface area (Å²) in [5.74, 6) is 0.882. The maximum atomic E-state index is 11.4. The molecule has 0 aliphatic heterocycles. The largest absolute Gasteiger partial charge is 0.392 e. The van der Waals surface area contributed by atoms with Crippen LogP contribution in [-0.4, -0.2) is 43.1 Å². The summed E-state index contributed by atoms with van der Waals surface area (Å²) in [5, 5.41) is 9.61. The average molecular weight is 252 g/mol. The molecule has 15 heavy (non-hydrogen) atoms. The third kappa shape index (κ3) is 3.96. The van der Waals surface area contributed by atoms with Gasteiger partial charge in [0.15, 0.2) is 0 Å². The summed E-state index contributed by atoms with van der Waals surface area (Å²) in [5.41, 5.74) is 0.